The number of carbonyl (C=O) groups excluding carboxylic acids is 2. The third kappa shape index (κ3) is 5.62. The monoisotopic (exact) mass is 445 g/mol. The number of carbonyl (C=O) groups is 2. The number of nitrogens with one attached hydrogen (secondary N) is 1. The van der Waals surface area contributed by atoms with Gasteiger partial charge in [0.15, 0.2) is 9.84 Å². The second-order valence-electron chi connectivity index (χ2n) is 7.26. The molecule has 1 N–H and O–H groups in total. The van der Waals surface area contributed by atoms with Crippen LogP contribution in [0.25, 0.3) is 0 Å². The fourth-order valence-corrected chi connectivity index (χ4v) is 4.43. The van der Waals surface area contributed by atoms with Gasteiger partial charge in [-0.15, -0.1) is 0 Å². The highest BCUT2D eigenvalue weighted by Crippen LogP contribution is 2.20. The van der Waals surface area contributed by atoms with E-state index in [9.17, 15) is 18.0 Å². The molecule has 1 fully saturated rings. The van der Waals surface area contributed by atoms with Crippen LogP contribution in [0, 0.1) is 0 Å². The highest BCUT2D eigenvalue weighted by atomic mass is 32.2. The normalized spacial score (nSPS) is 14.2. The average Bonchev–Trinajstić information content (AvgIpc) is 2.79. The van der Waals surface area contributed by atoms with E-state index in [2.05, 4.69) is 10.2 Å². The van der Waals surface area contributed by atoms with Gasteiger partial charge in [-0.1, -0.05) is 19.1 Å². The first-order chi connectivity index (χ1) is 14.8. The lowest BCUT2D eigenvalue weighted by molar-refractivity contribution is -0.116. The molecule has 1 heterocycles. The van der Waals surface area contributed by atoms with Gasteiger partial charge in [-0.25, -0.2) is 8.42 Å². The molecule has 0 bridgehead atoms. The Labute approximate surface area is 182 Å². The molecule has 0 aliphatic carbocycles. The maximum Gasteiger partial charge on any atom is 0.255 e. The minimum Gasteiger partial charge on any atom is -0.378 e. The second kappa shape index (κ2) is 9.93. The van der Waals surface area contributed by atoms with Crippen molar-refractivity contribution in [3.8, 4) is 0 Å². The molecule has 2 amide bonds. The number of hydrogen-bond acceptors (Lipinski definition) is 6. The molecule has 1 aliphatic rings. The largest absolute Gasteiger partial charge is 0.378 e. The lowest BCUT2D eigenvalue weighted by atomic mass is 10.2. The van der Waals surface area contributed by atoms with Crippen molar-refractivity contribution < 1.29 is 22.7 Å². The number of anilines is 2. The number of likely N-dealkylation sites (N-methyl/N-ethyl adjacent to an activating group) is 1. The number of nitrogens with zero attached hydrogens (tertiary/aromatic N) is 2. The van der Waals surface area contributed by atoms with Crippen LogP contribution in [0.15, 0.2) is 53.4 Å². The van der Waals surface area contributed by atoms with Crippen LogP contribution in [0.5, 0.6) is 0 Å². The first-order valence-electron chi connectivity index (χ1n) is 10.1. The number of benzene rings is 2. The number of morpholine rings is 1. The molecule has 0 unspecified atom stereocenters. The van der Waals surface area contributed by atoms with Crippen LogP contribution >= 0.6 is 0 Å². The van der Waals surface area contributed by atoms with Gasteiger partial charge < -0.3 is 19.9 Å². The summed E-state index contributed by atoms with van der Waals surface area (Å²) in [5, 5.41) is 2.77. The number of amides is 2. The number of rotatable bonds is 7. The summed E-state index contributed by atoms with van der Waals surface area (Å²) in [6.07, 6.45) is 0. The summed E-state index contributed by atoms with van der Waals surface area (Å²) < 4.78 is 29.9. The molecule has 0 spiro atoms. The molecule has 2 aromatic rings. The molecule has 31 heavy (non-hydrogen) atoms. The van der Waals surface area contributed by atoms with E-state index in [1.165, 1.54) is 31.0 Å². The molecule has 2 aromatic carbocycles. The van der Waals surface area contributed by atoms with Crippen molar-refractivity contribution in [2.45, 2.75) is 11.8 Å². The van der Waals surface area contributed by atoms with Crippen LogP contribution < -0.4 is 10.2 Å². The van der Waals surface area contributed by atoms with Crippen molar-refractivity contribution in [2.75, 3.05) is 55.9 Å². The third-order valence-corrected chi connectivity index (χ3v) is 6.87. The Kier molecular flexibility index (Phi) is 7.29. The van der Waals surface area contributed by atoms with Crippen LogP contribution in [0.3, 0.4) is 0 Å². The number of hydrogen-bond donors (Lipinski definition) is 1. The summed E-state index contributed by atoms with van der Waals surface area (Å²) in [4.78, 5) is 28.6. The Morgan fingerprint density at radius 1 is 1.06 bits per heavy atom. The Hall–Kier alpha value is -2.91. The Morgan fingerprint density at radius 3 is 2.35 bits per heavy atom. The summed E-state index contributed by atoms with van der Waals surface area (Å²) in [6, 6.07) is 13.5. The zero-order chi connectivity index (χ0) is 22.4. The predicted octanol–water partition coefficient (Wildman–Crippen LogP) is 2.03. The van der Waals surface area contributed by atoms with Crippen LogP contribution in [-0.2, 0) is 19.4 Å². The molecule has 0 saturated carbocycles. The van der Waals surface area contributed by atoms with Gasteiger partial charge in [0.2, 0.25) is 5.91 Å². The van der Waals surface area contributed by atoms with E-state index in [1.54, 1.807) is 12.1 Å². The van der Waals surface area contributed by atoms with Crippen molar-refractivity contribution in [3.63, 3.8) is 0 Å². The van der Waals surface area contributed by atoms with Gasteiger partial charge in [0.25, 0.3) is 5.91 Å². The maximum absolute atomic E-state index is 12.8. The lowest BCUT2D eigenvalue weighted by Crippen LogP contribution is -2.36. The van der Waals surface area contributed by atoms with Crippen molar-refractivity contribution in [3.05, 3.63) is 54.1 Å². The molecular formula is C22H27N3O5S. The average molecular weight is 446 g/mol. The minimum absolute atomic E-state index is 0.0199. The molecule has 3 rings (SSSR count). The van der Waals surface area contributed by atoms with Gasteiger partial charge in [0, 0.05) is 31.5 Å². The number of sulfone groups is 1. The molecule has 0 aromatic heterocycles. The molecule has 0 atom stereocenters. The Balaban J connectivity index is 1.63. The summed E-state index contributed by atoms with van der Waals surface area (Å²) in [5.41, 5.74) is 1.74. The molecule has 0 radical (unpaired) electrons. The van der Waals surface area contributed by atoms with Crippen molar-refractivity contribution in [1.82, 2.24) is 4.90 Å². The SMILES string of the molecule is CCS(=O)(=O)c1ccccc1C(=O)N(C)CC(=O)Nc1ccc(N2CCOCC2)cc1. The number of ether oxygens (including phenoxy) is 1. The fourth-order valence-electron chi connectivity index (χ4n) is 3.34. The fraction of sp³-hybridized carbons (Fsp3) is 0.364. The van der Waals surface area contributed by atoms with Crippen molar-refractivity contribution >= 4 is 33.0 Å². The second-order valence-corrected chi connectivity index (χ2v) is 9.50. The molecule has 166 valence electrons. The van der Waals surface area contributed by atoms with Crippen molar-refractivity contribution in [1.29, 1.82) is 0 Å². The van der Waals surface area contributed by atoms with E-state index < -0.39 is 15.7 Å². The van der Waals surface area contributed by atoms with E-state index in [0.29, 0.717) is 18.9 Å². The first-order valence-corrected chi connectivity index (χ1v) is 11.8. The van der Waals surface area contributed by atoms with E-state index in [1.807, 2.05) is 24.3 Å². The summed E-state index contributed by atoms with van der Waals surface area (Å²) >= 11 is 0. The minimum atomic E-state index is -3.56. The highest BCUT2D eigenvalue weighted by Gasteiger charge is 2.23. The van der Waals surface area contributed by atoms with Crippen LogP contribution in [0.1, 0.15) is 17.3 Å². The smallest absolute Gasteiger partial charge is 0.255 e. The first kappa shape index (κ1) is 22.8. The standard InChI is InChI=1S/C22H27N3O5S/c1-3-31(28,29)20-7-5-4-6-19(20)22(27)24(2)16-21(26)23-17-8-10-18(11-9-17)25-12-14-30-15-13-25/h4-11H,3,12-16H2,1-2H3,(H,23,26). The molecule has 8 nitrogen and oxygen atoms in total. The zero-order valence-electron chi connectivity index (χ0n) is 17.7. The van der Waals surface area contributed by atoms with Crippen LogP contribution in [-0.4, -0.2) is 70.8 Å². The summed E-state index contributed by atoms with van der Waals surface area (Å²) in [5.74, 6) is -1.00. The van der Waals surface area contributed by atoms with E-state index in [-0.39, 0.29) is 28.7 Å². The summed E-state index contributed by atoms with van der Waals surface area (Å²) in [7, 11) is -2.09. The molecular weight excluding hydrogens is 418 g/mol. The van der Waals surface area contributed by atoms with E-state index in [0.717, 1.165) is 18.8 Å². The summed E-state index contributed by atoms with van der Waals surface area (Å²) in [6.45, 7) is 4.37. The van der Waals surface area contributed by atoms with Crippen molar-refractivity contribution in [2.24, 2.45) is 0 Å². The van der Waals surface area contributed by atoms with Gasteiger partial charge in [-0.2, -0.15) is 0 Å². The third-order valence-electron chi connectivity index (χ3n) is 5.09. The molecule has 9 heteroatoms. The van der Waals surface area contributed by atoms with E-state index in [4.69, 9.17) is 4.74 Å². The molecule has 1 saturated heterocycles. The van der Waals surface area contributed by atoms with E-state index >= 15 is 0 Å². The van der Waals surface area contributed by atoms with Crippen LogP contribution in [0.4, 0.5) is 11.4 Å². The van der Waals surface area contributed by atoms with Gasteiger partial charge >= 0.3 is 0 Å². The quantitative estimate of drug-likeness (QED) is 0.701. The van der Waals surface area contributed by atoms with Gasteiger partial charge in [-0.3, -0.25) is 9.59 Å². The Bertz CT molecular complexity index is 1030. The maximum atomic E-state index is 12.8. The van der Waals surface area contributed by atoms with Gasteiger partial charge in [0.05, 0.1) is 36.0 Å². The van der Waals surface area contributed by atoms with Crippen LogP contribution in [0.2, 0.25) is 0 Å². The predicted molar refractivity (Wildman–Crippen MR) is 119 cm³/mol. The van der Waals surface area contributed by atoms with Gasteiger partial charge in [-0.05, 0) is 36.4 Å². The van der Waals surface area contributed by atoms with Gasteiger partial charge in [0.1, 0.15) is 0 Å². The topological polar surface area (TPSA) is 96.0 Å². The lowest BCUT2D eigenvalue weighted by Gasteiger charge is -2.28. The molecule has 1 aliphatic heterocycles. The highest BCUT2D eigenvalue weighted by molar-refractivity contribution is 7.91. The zero-order valence-corrected chi connectivity index (χ0v) is 18.5. The Morgan fingerprint density at radius 2 is 1.71 bits per heavy atom.